The van der Waals surface area contributed by atoms with E-state index in [1.54, 1.807) is 0 Å². The van der Waals surface area contributed by atoms with Gasteiger partial charge in [-0.1, -0.05) is 238 Å². The lowest BCUT2D eigenvalue weighted by atomic mass is 10.0. The highest BCUT2D eigenvalue weighted by atomic mass is 16.6. The molecule has 0 aromatic heterocycles. The quantitative estimate of drug-likeness (QED) is 0.0263. The number of unbranched alkanes of at least 4 members (excludes halogenated alkanes) is 35. The molecule has 0 rings (SSSR count). The largest absolute Gasteiger partial charge is 0.462 e. The molecule has 0 aliphatic carbocycles. The summed E-state index contributed by atoms with van der Waals surface area (Å²) in [6, 6.07) is 0. The molecule has 0 spiro atoms. The van der Waals surface area contributed by atoms with Gasteiger partial charge in [0, 0.05) is 19.3 Å². The van der Waals surface area contributed by atoms with E-state index in [4.69, 9.17) is 14.2 Å². The summed E-state index contributed by atoms with van der Waals surface area (Å²) in [6.45, 7) is 6.66. The van der Waals surface area contributed by atoms with E-state index in [-0.39, 0.29) is 31.1 Å². The molecule has 0 radical (unpaired) electrons. The minimum Gasteiger partial charge on any atom is -0.462 e. The van der Waals surface area contributed by atoms with Crippen LogP contribution < -0.4 is 0 Å². The monoisotopic (exact) mass is 833 g/mol. The predicted octanol–water partition coefficient (Wildman–Crippen LogP) is 17.0. The van der Waals surface area contributed by atoms with Crippen LogP contribution >= 0.6 is 0 Å². The SMILES string of the molecule is CCCCCCCC/C=C\CCCCCCCC(=O)OC[C@H](COC(=O)CCCCCCCCCCCCCCC)OC(=O)CCCCCCCCCCCCCCC. The van der Waals surface area contributed by atoms with Gasteiger partial charge in [-0.2, -0.15) is 0 Å². The number of carbonyl (C=O) groups excluding carboxylic acids is 3. The van der Waals surface area contributed by atoms with E-state index in [2.05, 4.69) is 32.9 Å². The Hall–Kier alpha value is -1.85. The van der Waals surface area contributed by atoms with Crippen molar-refractivity contribution in [2.45, 2.75) is 297 Å². The van der Waals surface area contributed by atoms with Crippen LogP contribution in [-0.2, 0) is 28.6 Å². The topological polar surface area (TPSA) is 78.9 Å². The Morgan fingerprint density at radius 3 is 0.847 bits per heavy atom. The molecule has 0 aliphatic rings. The highest BCUT2D eigenvalue weighted by Crippen LogP contribution is 2.16. The van der Waals surface area contributed by atoms with Crippen LogP contribution in [0.15, 0.2) is 12.2 Å². The summed E-state index contributed by atoms with van der Waals surface area (Å²) < 4.78 is 16.8. The second-order valence-electron chi connectivity index (χ2n) is 17.8. The number of rotatable bonds is 48. The second-order valence-corrected chi connectivity index (χ2v) is 17.8. The first kappa shape index (κ1) is 57.1. The predicted molar refractivity (Wildman–Crippen MR) is 252 cm³/mol. The molecule has 6 nitrogen and oxygen atoms in total. The molecule has 0 aliphatic heterocycles. The average Bonchev–Trinajstić information content (AvgIpc) is 3.23. The van der Waals surface area contributed by atoms with E-state index < -0.39 is 6.10 Å². The third kappa shape index (κ3) is 47.1. The molecule has 1 atom stereocenters. The molecular weight excluding hydrogens is 733 g/mol. The molecule has 6 heteroatoms. The number of allylic oxidation sites excluding steroid dienone is 2. The smallest absolute Gasteiger partial charge is 0.306 e. The zero-order valence-electron chi connectivity index (χ0n) is 39.8. The number of esters is 3. The van der Waals surface area contributed by atoms with Crippen LogP contribution in [0.2, 0.25) is 0 Å². The van der Waals surface area contributed by atoms with Gasteiger partial charge in [0.1, 0.15) is 13.2 Å². The molecule has 59 heavy (non-hydrogen) atoms. The summed E-state index contributed by atoms with van der Waals surface area (Å²) >= 11 is 0. The minimum atomic E-state index is -0.766. The second kappa shape index (κ2) is 48.8. The standard InChI is InChI=1S/C53H100O6/c1-4-7-10-13-16-19-22-25-26-29-31-34-37-40-43-46-52(55)58-49-50(59-53(56)47-44-41-38-35-32-28-24-21-18-15-12-9-6-3)48-57-51(54)45-42-39-36-33-30-27-23-20-17-14-11-8-5-2/h25-26,50H,4-24,27-49H2,1-3H3/b26-25-/t50-/m0/s1. The fourth-order valence-corrected chi connectivity index (χ4v) is 7.79. The van der Waals surface area contributed by atoms with Gasteiger partial charge in [-0.25, -0.2) is 0 Å². The van der Waals surface area contributed by atoms with Crippen LogP contribution in [0.5, 0.6) is 0 Å². The molecule has 0 bridgehead atoms. The fraction of sp³-hybridized carbons (Fsp3) is 0.906. The molecule has 0 amide bonds. The van der Waals surface area contributed by atoms with Gasteiger partial charge in [-0.3, -0.25) is 14.4 Å². The molecule has 0 aromatic rings. The van der Waals surface area contributed by atoms with E-state index in [0.29, 0.717) is 19.3 Å². The van der Waals surface area contributed by atoms with Crippen molar-refractivity contribution in [1.29, 1.82) is 0 Å². The van der Waals surface area contributed by atoms with Gasteiger partial charge >= 0.3 is 17.9 Å². The Balaban J connectivity index is 4.33. The van der Waals surface area contributed by atoms with E-state index in [9.17, 15) is 14.4 Å². The highest BCUT2D eigenvalue weighted by Gasteiger charge is 2.19. The molecule has 0 aromatic carbocycles. The Bertz CT molecular complexity index is 916. The highest BCUT2D eigenvalue weighted by molar-refractivity contribution is 5.71. The van der Waals surface area contributed by atoms with Crippen LogP contribution in [0.3, 0.4) is 0 Å². The van der Waals surface area contributed by atoms with Crippen LogP contribution in [0.4, 0.5) is 0 Å². The van der Waals surface area contributed by atoms with Gasteiger partial charge in [0.15, 0.2) is 6.10 Å². The molecule has 0 saturated carbocycles. The summed E-state index contributed by atoms with van der Waals surface area (Å²) in [5.41, 5.74) is 0. The van der Waals surface area contributed by atoms with Gasteiger partial charge in [0.25, 0.3) is 0 Å². The summed E-state index contributed by atoms with van der Waals surface area (Å²) in [5, 5.41) is 0. The third-order valence-corrected chi connectivity index (χ3v) is 11.8. The summed E-state index contributed by atoms with van der Waals surface area (Å²) in [5.74, 6) is -0.859. The Morgan fingerprint density at radius 2 is 0.559 bits per heavy atom. The van der Waals surface area contributed by atoms with Crippen LogP contribution in [0.25, 0.3) is 0 Å². The van der Waals surface area contributed by atoms with Crippen LogP contribution in [0, 0.1) is 0 Å². The zero-order chi connectivity index (χ0) is 43.0. The van der Waals surface area contributed by atoms with E-state index in [1.807, 2.05) is 0 Å². The van der Waals surface area contributed by atoms with Gasteiger partial charge < -0.3 is 14.2 Å². The van der Waals surface area contributed by atoms with Crippen LogP contribution in [0.1, 0.15) is 290 Å². The maximum atomic E-state index is 12.8. The van der Waals surface area contributed by atoms with Gasteiger partial charge in [-0.05, 0) is 44.9 Å². The van der Waals surface area contributed by atoms with Crippen molar-refractivity contribution in [2.24, 2.45) is 0 Å². The molecular formula is C53H100O6. The summed E-state index contributed by atoms with van der Waals surface area (Å²) in [7, 11) is 0. The van der Waals surface area contributed by atoms with Crippen molar-refractivity contribution >= 4 is 17.9 Å². The number of hydrogen-bond acceptors (Lipinski definition) is 6. The first-order valence-electron chi connectivity index (χ1n) is 26.2. The Kier molecular flexibility index (Phi) is 47.3. The van der Waals surface area contributed by atoms with Crippen molar-refractivity contribution in [1.82, 2.24) is 0 Å². The lowest BCUT2D eigenvalue weighted by Gasteiger charge is -2.18. The lowest BCUT2D eigenvalue weighted by molar-refractivity contribution is -0.167. The summed E-state index contributed by atoms with van der Waals surface area (Å²) in [6.07, 6.45) is 53.3. The minimum absolute atomic E-state index is 0.0672. The summed E-state index contributed by atoms with van der Waals surface area (Å²) in [4.78, 5) is 37.9. The van der Waals surface area contributed by atoms with Gasteiger partial charge in [0.2, 0.25) is 0 Å². The van der Waals surface area contributed by atoms with Crippen molar-refractivity contribution in [2.75, 3.05) is 13.2 Å². The zero-order valence-corrected chi connectivity index (χ0v) is 39.8. The van der Waals surface area contributed by atoms with E-state index >= 15 is 0 Å². The first-order chi connectivity index (χ1) is 29.0. The molecule has 0 fully saturated rings. The molecule has 0 unspecified atom stereocenters. The average molecular weight is 833 g/mol. The number of hydrogen-bond donors (Lipinski definition) is 0. The number of ether oxygens (including phenoxy) is 3. The van der Waals surface area contributed by atoms with E-state index in [0.717, 1.165) is 64.2 Å². The lowest BCUT2D eigenvalue weighted by Crippen LogP contribution is -2.30. The van der Waals surface area contributed by atoms with Gasteiger partial charge in [-0.15, -0.1) is 0 Å². The third-order valence-electron chi connectivity index (χ3n) is 11.8. The first-order valence-corrected chi connectivity index (χ1v) is 26.2. The normalized spacial score (nSPS) is 12.0. The van der Waals surface area contributed by atoms with Crippen molar-refractivity contribution in [3.63, 3.8) is 0 Å². The van der Waals surface area contributed by atoms with Crippen molar-refractivity contribution < 1.29 is 28.6 Å². The maximum Gasteiger partial charge on any atom is 0.306 e. The molecule has 0 saturated heterocycles. The van der Waals surface area contributed by atoms with Crippen molar-refractivity contribution in [3.8, 4) is 0 Å². The maximum absolute atomic E-state index is 12.8. The molecule has 348 valence electrons. The van der Waals surface area contributed by atoms with Gasteiger partial charge in [0.05, 0.1) is 0 Å². The van der Waals surface area contributed by atoms with Crippen LogP contribution in [-0.4, -0.2) is 37.2 Å². The Morgan fingerprint density at radius 1 is 0.322 bits per heavy atom. The molecule has 0 heterocycles. The van der Waals surface area contributed by atoms with E-state index in [1.165, 1.54) is 186 Å². The fourth-order valence-electron chi connectivity index (χ4n) is 7.79. The number of carbonyl (C=O) groups is 3. The molecule has 0 N–H and O–H groups in total. The Labute approximate surface area is 367 Å². The van der Waals surface area contributed by atoms with Crippen molar-refractivity contribution in [3.05, 3.63) is 12.2 Å².